The van der Waals surface area contributed by atoms with Gasteiger partial charge in [0.1, 0.15) is 5.75 Å². The van der Waals surface area contributed by atoms with Crippen molar-refractivity contribution in [3.05, 3.63) is 65.7 Å². The van der Waals surface area contributed by atoms with Crippen molar-refractivity contribution in [1.82, 2.24) is 4.90 Å². The zero-order chi connectivity index (χ0) is 20.7. The Morgan fingerprint density at radius 2 is 1.61 bits per heavy atom. The van der Waals surface area contributed by atoms with Gasteiger partial charge in [0.15, 0.2) is 6.10 Å². The fourth-order valence-electron chi connectivity index (χ4n) is 3.24. The van der Waals surface area contributed by atoms with Gasteiger partial charge >= 0.3 is 0 Å². The van der Waals surface area contributed by atoms with Crippen LogP contribution in [0.2, 0.25) is 0 Å². The maximum Gasteiger partial charge on any atom is 0.263 e. The normalized spacial score (nSPS) is 15.4. The van der Waals surface area contributed by atoms with Crippen LogP contribution < -0.4 is 4.74 Å². The van der Waals surface area contributed by atoms with Crippen molar-refractivity contribution in [2.45, 2.75) is 64.7 Å². The Kier molecular flexibility index (Phi) is 8.06. The number of hydrogen-bond donors (Lipinski definition) is 1. The Morgan fingerprint density at radius 3 is 2.21 bits per heavy atom. The second-order valence-corrected chi connectivity index (χ2v) is 7.41. The Hall–Kier alpha value is -2.33. The summed E-state index contributed by atoms with van der Waals surface area (Å²) >= 11 is 0. The first kappa shape index (κ1) is 22.0. The van der Waals surface area contributed by atoms with Crippen LogP contribution in [0.5, 0.6) is 5.75 Å². The first-order valence-corrected chi connectivity index (χ1v) is 10.2. The van der Waals surface area contributed by atoms with Crippen LogP contribution in [0.3, 0.4) is 0 Å². The summed E-state index contributed by atoms with van der Waals surface area (Å²) in [6.45, 7) is 8.11. The first-order chi connectivity index (χ1) is 13.4. The number of ether oxygens (including phenoxy) is 1. The molecule has 4 atom stereocenters. The van der Waals surface area contributed by atoms with Crippen molar-refractivity contribution in [1.29, 1.82) is 0 Å². The summed E-state index contributed by atoms with van der Waals surface area (Å²) in [5.41, 5.74) is 1.92. The molecule has 2 aromatic carbocycles. The van der Waals surface area contributed by atoms with Gasteiger partial charge in [0, 0.05) is 7.05 Å². The van der Waals surface area contributed by atoms with E-state index in [-0.39, 0.29) is 11.9 Å². The maximum atomic E-state index is 13.1. The van der Waals surface area contributed by atoms with Crippen molar-refractivity contribution in [3.63, 3.8) is 0 Å². The third-order valence-electron chi connectivity index (χ3n) is 5.53. The molecule has 0 aliphatic carbocycles. The van der Waals surface area contributed by atoms with Gasteiger partial charge in [-0.15, -0.1) is 0 Å². The van der Waals surface area contributed by atoms with Crippen LogP contribution >= 0.6 is 0 Å². The van der Waals surface area contributed by atoms with E-state index in [0.29, 0.717) is 12.3 Å². The maximum absolute atomic E-state index is 13.1. The van der Waals surface area contributed by atoms with Crippen LogP contribution in [0.1, 0.15) is 63.7 Å². The Bertz CT molecular complexity index is 747. The van der Waals surface area contributed by atoms with Gasteiger partial charge in [-0.2, -0.15) is 0 Å². The van der Waals surface area contributed by atoms with Gasteiger partial charge in [-0.05, 0) is 42.9 Å². The third kappa shape index (κ3) is 5.14. The molecule has 0 aromatic heterocycles. The lowest BCUT2D eigenvalue weighted by molar-refractivity contribution is -0.141. The molecule has 0 spiro atoms. The largest absolute Gasteiger partial charge is 0.480 e. The molecule has 0 bridgehead atoms. The molecular weight excluding hydrogens is 350 g/mol. The Morgan fingerprint density at radius 1 is 1.00 bits per heavy atom. The zero-order valence-corrected chi connectivity index (χ0v) is 17.6. The monoisotopic (exact) mass is 383 g/mol. The van der Waals surface area contributed by atoms with E-state index < -0.39 is 12.2 Å². The summed E-state index contributed by atoms with van der Waals surface area (Å²) in [5.74, 6) is 1.01. The molecule has 0 fully saturated rings. The van der Waals surface area contributed by atoms with Crippen molar-refractivity contribution in [3.8, 4) is 5.75 Å². The highest BCUT2D eigenvalue weighted by Crippen LogP contribution is 2.30. The van der Waals surface area contributed by atoms with Gasteiger partial charge in [0.2, 0.25) is 0 Å². The van der Waals surface area contributed by atoms with E-state index in [1.54, 1.807) is 11.9 Å². The SMILES string of the molecule is CCC(Oc1ccccc1C(C)CC)C(=O)N(C)C(C)C(O)c1ccccc1. The van der Waals surface area contributed by atoms with E-state index in [1.165, 1.54) is 0 Å². The van der Waals surface area contributed by atoms with Crippen LogP contribution in [0.25, 0.3) is 0 Å². The second-order valence-electron chi connectivity index (χ2n) is 7.41. The number of carbonyl (C=O) groups excluding carboxylic acids is 1. The van der Waals surface area contributed by atoms with Gasteiger partial charge in [0.25, 0.3) is 5.91 Å². The van der Waals surface area contributed by atoms with E-state index >= 15 is 0 Å². The standard InChI is InChI=1S/C24H33NO3/c1-6-17(3)20-15-11-12-16-22(20)28-21(7-2)24(27)25(5)18(4)23(26)19-13-9-8-10-14-19/h8-18,21,23,26H,6-7H2,1-5H3. The second kappa shape index (κ2) is 10.3. The van der Waals surface area contributed by atoms with E-state index in [9.17, 15) is 9.90 Å². The van der Waals surface area contributed by atoms with Crippen molar-refractivity contribution >= 4 is 5.91 Å². The average molecular weight is 384 g/mol. The summed E-state index contributed by atoms with van der Waals surface area (Å²) < 4.78 is 6.16. The number of hydrogen-bond acceptors (Lipinski definition) is 3. The van der Waals surface area contributed by atoms with E-state index in [1.807, 2.05) is 62.4 Å². The molecule has 4 unspecified atom stereocenters. The minimum atomic E-state index is -0.750. The highest BCUT2D eigenvalue weighted by Gasteiger charge is 2.30. The van der Waals surface area contributed by atoms with Gasteiger partial charge in [-0.25, -0.2) is 0 Å². The molecule has 152 valence electrons. The smallest absolute Gasteiger partial charge is 0.263 e. The molecule has 0 heterocycles. The Labute approximate surface area is 169 Å². The summed E-state index contributed by atoms with van der Waals surface area (Å²) in [4.78, 5) is 14.7. The molecule has 0 aliphatic rings. The molecule has 1 amide bonds. The summed E-state index contributed by atoms with van der Waals surface area (Å²) in [7, 11) is 1.73. The lowest BCUT2D eigenvalue weighted by atomic mass is 9.97. The summed E-state index contributed by atoms with van der Waals surface area (Å²) in [6.07, 6.45) is 0.234. The van der Waals surface area contributed by atoms with E-state index in [0.717, 1.165) is 23.3 Å². The van der Waals surface area contributed by atoms with Crippen LogP contribution in [0, 0.1) is 0 Å². The number of benzene rings is 2. The fourth-order valence-corrected chi connectivity index (χ4v) is 3.24. The van der Waals surface area contributed by atoms with Crippen LogP contribution in [-0.4, -0.2) is 35.1 Å². The summed E-state index contributed by atoms with van der Waals surface area (Å²) in [5, 5.41) is 10.7. The number of likely N-dealkylation sites (N-methyl/N-ethyl adjacent to an activating group) is 1. The molecular formula is C24H33NO3. The first-order valence-electron chi connectivity index (χ1n) is 10.2. The minimum absolute atomic E-state index is 0.121. The van der Waals surface area contributed by atoms with Gasteiger partial charge in [-0.1, -0.05) is 69.3 Å². The average Bonchev–Trinajstić information content (AvgIpc) is 2.75. The molecule has 0 radical (unpaired) electrons. The molecule has 28 heavy (non-hydrogen) atoms. The lowest BCUT2D eigenvalue weighted by Gasteiger charge is -2.32. The topological polar surface area (TPSA) is 49.8 Å². The molecule has 4 nitrogen and oxygen atoms in total. The van der Waals surface area contributed by atoms with Crippen LogP contribution in [-0.2, 0) is 4.79 Å². The molecule has 0 aliphatic heterocycles. The number of para-hydroxylation sites is 1. The third-order valence-corrected chi connectivity index (χ3v) is 5.53. The van der Waals surface area contributed by atoms with Crippen molar-refractivity contribution in [2.24, 2.45) is 0 Å². The number of amides is 1. The highest BCUT2D eigenvalue weighted by atomic mass is 16.5. The zero-order valence-electron chi connectivity index (χ0n) is 17.6. The highest BCUT2D eigenvalue weighted by molar-refractivity contribution is 5.81. The van der Waals surface area contributed by atoms with Crippen LogP contribution in [0.15, 0.2) is 54.6 Å². The molecule has 2 rings (SSSR count). The quantitative estimate of drug-likeness (QED) is 0.667. The van der Waals surface area contributed by atoms with Gasteiger partial charge in [0.05, 0.1) is 12.1 Å². The number of nitrogens with zero attached hydrogens (tertiary/aromatic N) is 1. The molecule has 0 saturated heterocycles. The fraction of sp³-hybridized carbons (Fsp3) is 0.458. The number of carbonyl (C=O) groups is 1. The number of aliphatic hydroxyl groups excluding tert-OH is 1. The van der Waals surface area contributed by atoms with E-state index in [4.69, 9.17) is 4.74 Å². The number of aliphatic hydroxyl groups is 1. The van der Waals surface area contributed by atoms with Gasteiger partial charge in [-0.3, -0.25) is 4.79 Å². The molecule has 2 aromatic rings. The molecule has 4 heteroatoms. The Balaban J connectivity index is 2.15. The predicted molar refractivity (Wildman–Crippen MR) is 113 cm³/mol. The van der Waals surface area contributed by atoms with Crippen LogP contribution in [0.4, 0.5) is 0 Å². The van der Waals surface area contributed by atoms with Crippen molar-refractivity contribution < 1.29 is 14.6 Å². The van der Waals surface area contributed by atoms with E-state index in [2.05, 4.69) is 19.9 Å². The predicted octanol–water partition coefficient (Wildman–Crippen LogP) is 4.94. The number of rotatable bonds is 9. The molecule has 1 N–H and O–H groups in total. The summed E-state index contributed by atoms with van der Waals surface area (Å²) in [6, 6.07) is 17.0. The minimum Gasteiger partial charge on any atom is -0.480 e. The van der Waals surface area contributed by atoms with Crippen molar-refractivity contribution in [2.75, 3.05) is 7.05 Å². The molecule has 0 saturated carbocycles. The van der Waals surface area contributed by atoms with Gasteiger partial charge < -0.3 is 14.7 Å². The lowest BCUT2D eigenvalue weighted by Crippen LogP contribution is -2.46.